The molecule has 28 heavy (non-hydrogen) atoms. The van der Waals surface area contributed by atoms with E-state index in [-0.39, 0.29) is 36.0 Å². The predicted octanol–water partition coefficient (Wildman–Crippen LogP) is 3.19. The minimum absolute atomic E-state index is 0. The summed E-state index contributed by atoms with van der Waals surface area (Å²) in [6.45, 7) is 9.49. The van der Waals surface area contributed by atoms with Gasteiger partial charge in [-0.2, -0.15) is 0 Å². The van der Waals surface area contributed by atoms with Crippen LogP contribution in [0.3, 0.4) is 0 Å². The number of piperidine rings is 1. The van der Waals surface area contributed by atoms with E-state index in [2.05, 4.69) is 42.4 Å². The monoisotopic (exact) mass is 502 g/mol. The third-order valence-electron chi connectivity index (χ3n) is 4.92. The Labute approximate surface area is 186 Å². The van der Waals surface area contributed by atoms with Crippen LogP contribution in [-0.4, -0.2) is 56.1 Å². The van der Waals surface area contributed by atoms with E-state index >= 15 is 0 Å². The third-order valence-corrected chi connectivity index (χ3v) is 4.92. The van der Waals surface area contributed by atoms with Crippen molar-refractivity contribution in [3.8, 4) is 5.75 Å². The number of carbonyl (C=O) groups excluding carboxylic acids is 1. The fourth-order valence-electron chi connectivity index (χ4n) is 3.30. The molecule has 7 heteroatoms. The minimum atomic E-state index is 0. The number of hydrogen-bond acceptors (Lipinski definition) is 3. The molecule has 2 rings (SSSR count). The number of benzene rings is 1. The third kappa shape index (κ3) is 7.85. The van der Waals surface area contributed by atoms with Crippen LogP contribution in [0.15, 0.2) is 29.3 Å². The van der Waals surface area contributed by atoms with Gasteiger partial charge in [0, 0.05) is 33.1 Å². The van der Waals surface area contributed by atoms with Crippen LogP contribution in [0, 0.1) is 12.8 Å². The van der Waals surface area contributed by atoms with Gasteiger partial charge in [-0.05, 0) is 51.2 Å². The van der Waals surface area contributed by atoms with Crippen LogP contribution in [0.1, 0.15) is 38.7 Å². The normalized spacial score (nSPS) is 16.1. The second-order valence-corrected chi connectivity index (χ2v) is 7.20. The fraction of sp³-hybridized carbons (Fsp3) is 0.619. The van der Waals surface area contributed by atoms with Gasteiger partial charge in [0.05, 0.1) is 6.54 Å². The maximum Gasteiger partial charge on any atom is 0.220 e. The Balaban J connectivity index is 0.00000392. The number of ether oxygens (including phenoxy) is 1. The molecular weight excluding hydrogens is 467 g/mol. The van der Waals surface area contributed by atoms with Crippen LogP contribution >= 0.6 is 24.0 Å². The van der Waals surface area contributed by atoms with Gasteiger partial charge < -0.3 is 20.3 Å². The number of amides is 1. The van der Waals surface area contributed by atoms with Gasteiger partial charge >= 0.3 is 0 Å². The van der Waals surface area contributed by atoms with Crippen LogP contribution in [0.4, 0.5) is 0 Å². The van der Waals surface area contributed by atoms with Crippen molar-refractivity contribution < 1.29 is 9.53 Å². The summed E-state index contributed by atoms with van der Waals surface area (Å²) in [6, 6.07) is 8.06. The second kappa shape index (κ2) is 12.9. The summed E-state index contributed by atoms with van der Waals surface area (Å²) in [5.41, 5.74) is 1.14. The van der Waals surface area contributed by atoms with Gasteiger partial charge in [-0.25, -0.2) is 4.99 Å². The van der Waals surface area contributed by atoms with Crippen molar-refractivity contribution in [1.82, 2.24) is 15.5 Å². The quantitative estimate of drug-likeness (QED) is 0.342. The summed E-state index contributed by atoms with van der Waals surface area (Å²) < 4.78 is 6.04. The first-order valence-corrected chi connectivity index (χ1v) is 9.99. The van der Waals surface area contributed by atoms with Crippen LogP contribution in [-0.2, 0) is 4.79 Å². The average molecular weight is 502 g/mol. The van der Waals surface area contributed by atoms with E-state index in [1.807, 2.05) is 18.2 Å². The first-order valence-electron chi connectivity index (χ1n) is 9.99. The number of rotatable bonds is 7. The Bertz CT molecular complexity index is 631. The Kier molecular flexibility index (Phi) is 11.3. The minimum Gasteiger partial charge on any atom is -0.489 e. The summed E-state index contributed by atoms with van der Waals surface area (Å²) in [5.74, 6) is 2.46. The summed E-state index contributed by atoms with van der Waals surface area (Å²) in [6.07, 6.45) is 2.67. The number of likely N-dealkylation sites (tertiary alicyclic amines) is 1. The summed E-state index contributed by atoms with van der Waals surface area (Å²) in [5, 5.41) is 6.11. The Morgan fingerprint density at radius 2 is 2.00 bits per heavy atom. The molecule has 1 fully saturated rings. The Morgan fingerprint density at radius 1 is 1.32 bits per heavy atom. The number of aliphatic imine (C=N–C) groups is 1. The van der Waals surface area contributed by atoms with Gasteiger partial charge in [0.25, 0.3) is 0 Å². The van der Waals surface area contributed by atoms with Crippen molar-refractivity contribution in [3.05, 3.63) is 29.8 Å². The smallest absolute Gasteiger partial charge is 0.220 e. The standard InChI is InChI=1S/C21H34N4O2.HI/c1-5-23-21(25-12-10-18(11-13-25)14-20(26)22-4)24-15-17(3)27-19-9-7-6-8-16(19)2;/h6-9,17-18H,5,10-15H2,1-4H3,(H,22,26)(H,23,24);1H. The van der Waals surface area contributed by atoms with Crippen LogP contribution in [0.25, 0.3) is 0 Å². The SMILES string of the molecule is CCNC(=NCC(C)Oc1ccccc1C)N1CCC(CC(=O)NC)CC1.I. The number of para-hydroxylation sites is 1. The lowest BCUT2D eigenvalue weighted by Crippen LogP contribution is -2.46. The van der Waals surface area contributed by atoms with E-state index in [0.29, 0.717) is 18.9 Å². The molecule has 1 aromatic rings. The first kappa shape index (κ1) is 24.5. The molecule has 0 spiro atoms. The predicted molar refractivity (Wildman–Crippen MR) is 126 cm³/mol. The van der Waals surface area contributed by atoms with Crippen molar-refractivity contribution in [2.45, 2.75) is 46.1 Å². The summed E-state index contributed by atoms with van der Waals surface area (Å²) >= 11 is 0. The van der Waals surface area contributed by atoms with Crippen molar-refractivity contribution in [2.24, 2.45) is 10.9 Å². The van der Waals surface area contributed by atoms with Crippen LogP contribution in [0.2, 0.25) is 0 Å². The summed E-state index contributed by atoms with van der Waals surface area (Å²) in [7, 11) is 1.70. The molecule has 1 aromatic carbocycles. The van der Waals surface area contributed by atoms with Crippen molar-refractivity contribution in [1.29, 1.82) is 0 Å². The topological polar surface area (TPSA) is 66.0 Å². The van der Waals surface area contributed by atoms with Crippen molar-refractivity contribution >= 4 is 35.8 Å². The molecule has 0 aromatic heterocycles. The highest BCUT2D eigenvalue weighted by atomic mass is 127. The second-order valence-electron chi connectivity index (χ2n) is 7.20. The summed E-state index contributed by atoms with van der Waals surface area (Å²) in [4.78, 5) is 18.7. The van der Waals surface area contributed by atoms with Gasteiger partial charge in [-0.1, -0.05) is 18.2 Å². The van der Waals surface area contributed by atoms with Crippen LogP contribution < -0.4 is 15.4 Å². The lowest BCUT2D eigenvalue weighted by molar-refractivity contribution is -0.121. The van der Waals surface area contributed by atoms with E-state index in [4.69, 9.17) is 9.73 Å². The molecule has 1 atom stereocenters. The average Bonchev–Trinajstić information content (AvgIpc) is 2.67. The highest BCUT2D eigenvalue weighted by molar-refractivity contribution is 14.0. The molecule has 1 aliphatic rings. The van der Waals surface area contributed by atoms with E-state index in [9.17, 15) is 4.79 Å². The van der Waals surface area contributed by atoms with Gasteiger partial charge in [-0.15, -0.1) is 24.0 Å². The molecule has 1 saturated heterocycles. The van der Waals surface area contributed by atoms with E-state index < -0.39 is 0 Å². The lowest BCUT2D eigenvalue weighted by Gasteiger charge is -2.34. The zero-order valence-corrected chi connectivity index (χ0v) is 19.9. The number of guanidine groups is 1. The van der Waals surface area contributed by atoms with E-state index in [0.717, 1.165) is 49.7 Å². The highest BCUT2D eigenvalue weighted by Gasteiger charge is 2.23. The van der Waals surface area contributed by atoms with Gasteiger partial charge in [0.2, 0.25) is 5.91 Å². The molecule has 1 heterocycles. The molecule has 0 bridgehead atoms. The lowest BCUT2D eigenvalue weighted by atomic mass is 9.93. The molecular formula is C21H35IN4O2. The Hall–Kier alpha value is -1.51. The zero-order valence-electron chi connectivity index (χ0n) is 17.5. The largest absolute Gasteiger partial charge is 0.489 e. The number of halogens is 1. The molecule has 2 N–H and O–H groups in total. The number of carbonyl (C=O) groups is 1. The van der Waals surface area contributed by atoms with Crippen LogP contribution in [0.5, 0.6) is 5.75 Å². The first-order chi connectivity index (χ1) is 13.0. The zero-order chi connectivity index (χ0) is 19.6. The molecule has 1 aliphatic heterocycles. The number of aryl methyl sites for hydroxylation is 1. The van der Waals surface area contributed by atoms with Gasteiger partial charge in [0.1, 0.15) is 11.9 Å². The molecule has 0 saturated carbocycles. The van der Waals surface area contributed by atoms with E-state index in [1.54, 1.807) is 7.05 Å². The van der Waals surface area contributed by atoms with Crippen molar-refractivity contribution in [2.75, 3.05) is 33.2 Å². The van der Waals surface area contributed by atoms with Gasteiger partial charge in [-0.3, -0.25) is 4.79 Å². The fourth-order valence-corrected chi connectivity index (χ4v) is 3.30. The van der Waals surface area contributed by atoms with E-state index in [1.165, 1.54) is 0 Å². The molecule has 1 unspecified atom stereocenters. The maximum absolute atomic E-state index is 11.6. The highest BCUT2D eigenvalue weighted by Crippen LogP contribution is 2.21. The van der Waals surface area contributed by atoms with Gasteiger partial charge in [0.15, 0.2) is 5.96 Å². The number of nitrogens with one attached hydrogen (secondary N) is 2. The number of hydrogen-bond donors (Lipinski definition) is 2. The van der Waals surface area contributed by atoms with Crippen molar-refractivity contribution in [3.63, 3.8) is 0 Å². The molecule has 0 aliphatic carbocycles. The Morgan fingerprint density at radius 3 is 2.61 bits per heavy atom. The molecule has 0 radical (unpaired) electrons. The number of nitrogens with zero attached hydrogens (tertiary/aromatic N) is 2. The molecule has 1 amide bonds. The molecule has 6 nitrogen and oxygen atoms in total. The maximum atomic E-state index is 11.6. The molecule has 158 valence electrons.